The molecular weight excluding hydrogens is 548 g/mol. The molecule has 0 aliphatic heterocycles. The van der Waals surface area contributed by atoms with Gasteiger partial charge in [0.1, 0.15) is 11.9 Å². The van der Waals surface area contributed by atoms with Crippen LogP contribution in [0.3, 0.4) is 0 Å². The van der Waals surface area contributed by atoms with Gasteiger partial charge in [0.15, 0.2) is 11.6 Å². The molecule has 214 valence electrons. The first-order chi connectivity index (χ1) is 17.3. The Hall–Kier alpha value is -0.837. The fourth-order valence-corrected chi connectivity index (χ4v) is 4.42. The number of rotatable bonds is 24. The van der Waals surface area contributed by atoms with Crippen molar-refractivity contribution in [3.8, 4) is 0 Å². The van der Waals surface area contributed by atoms with Gasteiger partial charge in [-0.25, -0.2) is 0 Å². The Balaban J connectivity index is -0.000000608. The van der Waals surface area contributed by atoms with Crippen molar-refractivity contribution in [1.29, 1.82) is 0 Å². The zero-order valence-electron chi connectivity index (χ0n) is 24.2. The van der Waals surface area contributed by atoms with Gasteiger partial charge in [0.25, 0.3) is 0 Å². The topological polar surface area (TPSA) is 114 Å². The van der Waals surface area contributed by atoms with Gasteiger partial charge in [-0.3, -0.25) is 9.59 Å². The van der Waals surface area contributed by atoms with Gasteiger partial charge in [-0.1, -0.05) is 130 Å². The Kier molecular flexibility index (Phi) is 32.7. The van der Waals surface area contributed by atoms with E-state index in [9.17, 15) is 29.4 Å². The monoisotopic (exact) mass is 600 g/mol. The van der Waals surface area contributed by atoms with Crippen LogP contribution in [0.4, 0.5) is 0 Å². The number of hydrogen-bond donors (Lipinski definition) is 0. The predicted octanol–water partition coefficient (Wildman–Crippen LogP) is 5.72. The van der Waals surface area contributed by atoms with E-state index < -0.39 is 23.5 Å². The summed E-state index contributed by atoms with van der Waals surface area (Å²) < 4.78 is 0. The molecule has 0 saturated carbocycles. The second-order valence-corrected chi connectivity index (χ2v) is 10.0. The van der Waals surface area contributed by atoms with Gasteiger partial charge >= 0.3 is 26.2 Å². The number of unbranched alkanes of at least 4 members (excludes halogenated alkanes) is 14. The maximum atomic E-state index is 11.3. The Morgan fingerprint density at radius 3 is 0.919 bits per heavy atom. The molecule has 2 atom stereocenters. The SMILES string of the molecule is CCCCCCCCCCC(CC)C(=O)C(=O)[O-].CCCCCCCCCCC(CC)C(=O)C(=O)[O-].[Zr+2]. The van der Waals surface area contributed by atoms with E-state index >= 15 is 0 Å². The van der Waals surface area contributed by atoms with Crippen LogP contribution in [0.15, 0.2) is 0 Å². The minimum Gasteiger partial charge on any atom is -0.542 e. The van der Waals surface area contributed by atoms with Crippen LogP contribution in [0.5, 0.6) is 0 Å². The predicted molar refractivity (Wildman–Crippen MR) is 142 cm³/mol. The summed E-state index contributed by atoms with van der Waals surface area (Å²) in [5.41, 5.74) is 0. The quantitative estimate of drug-likeness (QED) is 0.103. The van der Waals surface area contributed by atoms with E-state index in [4.69, 9.17) is 0 Å². The van der Waals surface area contributed by atoms with E-state index in [-0.39, 0.29) is 38.0 Å². The maximum Gasteiger partial charge on any atom is 2.00 e. The second-order valence-electron chi connectivity index (χ2n) is 10.0. The van der Waals surface area contributed by atoms with Crippen LogP contribution >= 0.6 is 0 Å². The third-order valence-corrected chi connectivity index (χ3v) is 6.94. The molecule has 0 bridgehead atoms. The van der Waals surface area contributed by atoms with Crippen molar-refractivity contribution in [2.45, 2.75) is 156 Å². The first-order valence-electron chi connectivity index (χ1n) is 14.8. The van der Waals surface area contributed by atoms with Crippen molar-refractivity contribution in [2.75, 3.05) is 0 Å². The summed E-state index contributed by atoms with van der Waals surface area (Å²) >= 11 is 0. The van der Waals surface area contributed by atoms with Gasteiger partial charge in [-0.15, -0.1) is 0 Å². The number of Topliss-reactive ketones (excluding diaryl/α,β-unsaturated/α-hetero) is 2. The third kappa shape index (κ3) is 25.2. The van der Waals surface area contributed by atoms with E-state index in [2.05, 4.69) is 13.8 Å². The second kappa shape index (κ2) is 29.7. The van der Waals surface area contributed by atoms with Crippen molar-refractivity contribution in [1.82, 2.24) is 0 Å². The first kappa shape index (κ1) is 40.7. The molecule has 0 rings (SSSR count). The average molecular weight is 602 g/mol. The average Bonchev–Trinajstić information content (AvgIpc) is 2.86. The molecule has 0 saturated heterocycles. The number of carbonyl (C=O) groups is 4. The summed E-state index contributed by atoms with van der Waals surface area (Å²) in [6, 6.07) is 0. The molecule has 0 aliphatic rings. The molecule has 0 aliphatic carbocycles. The molecule has 0 aromatic heterocycles. The van der Waals surface area contributed by atoms with E-state index in [1.54, 1.807) is 0 Å². The Labute approximate surface area is 246 Å². The van der Waals surface area contributed by atoms with Crippen molar-refractivity contribution in [3.63, 3.8) is 0 Å². The number of ketones is 2. The Morgan fingerprint density at radius 1 is 0.459 bits per heavy atom. The molecule has 0 fully saturated rings. The molecule has 0 radical (unpaired) electrons. The zero-order valence-corrected chi connectivity index (χ0v) is 26.7. The fraction of sp³-hybridized carbons (Fsp3) is 0.867. The maximum absolute atomic E-state index is 11.3. The van der Waals surface area contributed by atoms with Gasteiger partial charge in [0.05, 0.1) is 0 Å². The molecule has 0 amide bonds. The van der Waals surface area contributed by atoms with E-state index in [1.165, 1.54) is 77.0 Å². The van der Waals surface area contributed by atoms with Crippen LogP contribution < -0.4 is 10.2 Å². The molecule has 0 N–H and O–H groups in total. The third-order valence-electron chi connectivity index (χ3n) is 6.94. The molecule has 6 nitrogen and oxygen atoms in total. The Morgan fingerprint density at radius 2 is 0.703 bits per heavy atom. The summed E-state index contributed by atoms with van der Waals surface area (Å²) in [6.45, 7) is 8.13. The van der Waals surface area contributed by atoms with E-state index in [0.29, 0.717) is 25.7 Å². The van der Waals surface area contributed by atoms with Crippen molar-refractivity contribution < 1.29 is 55.6 Å². The van der Waals surface area contributed by atoms with Gasteiger partial charge < -0.3 is 19.8 Å². The van der Waals surface area contributed by atoms with Crippen LogP contribution in [0.25, 0.3) is 0 Å². The molecular formula is C30H54O6Zr. The standard InChI is InChI=1S/2C15H28O3.Zr/c2*1-3-5-6-7-8-9-10-11-12-13(4-2)14(16)15(17)18;/h2*13H,3-12H2,1-2H3,(H,17,18);/q;;+2/p-2. The van der Waals surface area contributed by atoms with Crippen LogP contribution in [0, 0.1) is 11.8 Å². The molecule has 37 heavy (non-hydrogen) atoms. The van der Waals surface area contributed by atoms with Gasteiger partial charge in [-0.2, -0.15) is 0 Å². The van der Waals surface area contributed by atoms with Gasteiger partial charge in [0, 0.05) is 11.8 Å². The van der Waals surface area contributed by atoms with E-state index in [1.807, 2.05) is 13.8 Å². The minimum absolute atomic E-state index is 0. The Bertz CT molecular complexity index is 528. The number of carbonyl (C=O) groups excluding carboxylic acids is 4. The first-order valence-corrected chi connectivity index (χ1v) is 14.8. The molecule has 2 unspecified atom stereocenters. The molecule has 0 heterocycles. The summed E-state index contributed by atoms with van der Waals surface area (Å²) in [6.07, 6.45) is 22.0. The largest absolute Gasteiger partial charge is 2.00 e. The van der Waals surface area contributed by atoms with Gasteiger partial charge in [0.2, 0.25) is 0 Å². The number of carboxylic acid groups (broad SMARTS) is 2. The number of aliphatic carboxylic acids is 2. The summed E-state index contributed by atoms with van der Waals surface area (Å²) in [4.78, 5) is 43.4. The van der Waals surface area contributed by atoms with Crippen molar-refractivity contribution in [3.05, 3.63) is 0 Å². The zero-order chi connectivity index (χ0) is 27.6. The molecule has 7 heteroatoms. The van der Waals surface area contributed by atoms with E-state index in [0.717, 1.165) is 25.7 Å². The molecule has 0 aromatic rings. The van der Waals surface area contributed by atoms with Crippen LogP contribution in [-0.2, 0) is 45.4 Å². The minimum atomic E-state index is -1.53. The normalized spacial score (nSPS) is 12.0. The summed E-state index contributed by atoms with van der Waals surface area (Å²) in [7, 11) is 0. The van der Waals surface area contributed by atoms with Crippen LogP contribution in [0.1, 0.15) is 156 Å². The number of carboxylic acids is 2. The van der Waals surface area contributed by atoms with Crippen molar-refractivity contribution in [2.24, 2.45) is 11.8 Å². The van der Waals surface area contributed by atoms with Crippen LogP contribution in [0.2, 0.25) is 0 Å². The summed E-state index contributed by atoms with van der Waals surface area (Å²) in [5.74, 6) is -5.17. The fourth-order valence-electron chi connectivity index (χ4n) is 4.42. The van der Waals surface area contributed by atoms with Gasteiger partial charge in [-0.05, 0) is 25.7 Å². The molecule has 0 aromatic carbocycles. The van der Waals surface area contributed by atoms with Crippen molar-refractivity contribution >= 4 is 23.5 Å². The summed E-state index contributed by atoms with van der Waals surface area (Å²) in [5, 5.41) is 20.9. The smallest absolute Gasteiger partial charge is 0.542 e. The molecule has 0 spiro atoms. The number of hydrogen-bond acceptors (Lipinski definition) is 6. The van der Waals surface area contributed by atoms with Crippen LogP contribution in [-0.4, -0.2) is 23.5 Å².